The maximum absolute atomic E-state index is 13.1. The van der Waals surface area contributed by atoms with Gasteiger partial charge in [-0.2, -0.15) is 0 Å². The number of amides is 2. The molecule has 1 aromatic rings. The van der Waals surface area contributed by atoms with Gasteiger partial charge in [-0.05, 0) is 51.0 Å². The van der Waals surface area contributed by atoms with E-state index in [-0.39, 0.29) is 24.4 Å². The van der Waals surface area contributed by atoms with Gasteiger partial charge in [0.2, 0.25) is 6.29 Å². The van der Waals surface area contributed by atoms with E-state index in [0.29, 0.717) is 24.3 Å². The molecule has 0 aromatic heterocycles. The second-order valence-electron chi connectivity index (χ2n) is 6.83. The number of aliphatic hydroxyl groups is 1. The molecule has 1 heterocycles. The van der Waals surface area contributed by atoms with Gasteiger partial charge in [0.1, 0.15) is 11.4 Å². The van der Waals surface area contributed by atoms with E-state index in [1.807, 2.05) is 0 Å². The highest BCUT2D eigenvalue weighted by molar-refractivity contribution is 5.96. The molecule has 1 unspecified atom stereocenters. The summed E-state index contributed by atoms with van der Waals surface area (Å²) in [6.07, 6.45) is -1.51. The summed E-state index contributed by atoms with van der Waals surface area (Å²) in [5, 5.41) is 15.1. The Labute approximate surface area is 151 Å². The van der Waals surface area contributed by atoms with Gasteiger partial charge in [-0.15, -0.1) is 0 Å². The molecule has 1 aliphatic rings. The summed E-state index contributed by atoms with van der Waals surface area (Å²) in [7, 11) is 0. The van der Waals surface area contributed by atoms with Crippen molar-refractivity contribution >= 4 is 12.0 Å². The van der Waals surface area contributed by atoms with E-state index < -0.39 is 18.0 Å². The van der Waals surface area contributed by atoms with E-state index in [1.165, 1.54) is 6.07 Å². The summed E-state index contributed by atoms with van der Waals surface area (Å²) in [6.45, 7) is 5.35. The molecule has 3 N–H and O–H groups in total. The topological polar surface area (TPSA) is 96.9 Å². The molecule has 142 valence electrons. The first-order valence-electron chi connectivity index (χ1n) is 8.21. The number of carbonyl (C=O) groups excluding carboxylic acids is 2. The molecule has 1 aliphatic heterocycles. The molecule has 0 saturated carbocycles. The average Bonchev–Trinajstić information content (AvgIpc) is 2.54. The molecule has 0 radical (unpaired) electrons. The van der Waals surface area contributed by atoms with Crippen molar-refractivity contribution in [1.29, 1.82) is 0 Å². The third-order valence-corrected chi connectivity index (χ3v) is 3.54. The summed E-state index contributed by atoms with van der Waals surface area (Å²) in [5.74, 6) is 0.131. The van der Waals surface area contributed by atoms with Crippen LogP contribution in [-0.2, 0) is 11.2 Å². The van der Waals surface area contributed by atoms with Gasteiger partial charge in [-0.3, -0.25) is 4.79 Å². The lowest BCUT2D eigenvalue weighted by molar-refractivity contribution is 0.0112. The van der Waals surface area contributed by atoms with Crippen molar-refractivity contribution in [3.05, 3.63) is 41.2 Å². The average molecular weight is 366 g/mol. The Kier molecular flexibility index (Phi) is 6.20. The Morgan fingerprint density at radius 1 is 1.46 bits per heavy atom. The first kappa shape index (κ1) is 19.7. The standard InChI is InChI=1S/C18H23FN2O5/c1-18(2,3)26-17(24)21-10-12(9-19)16(23)25-13-4-5-14-11(8-13)6-7-20-15(14)22/h4-5,8-9,16,23H,6-7,10H2,1-3H3,(H,20,22)(H,21,24)/b12-9+. The van der Waals surface area contributed by atoms with Crippen LogP contribution >= 0.6 is 0 Å². The van der Waals surface area contributed by atoms with Crippen LogP contribution in [0.1, 0.15) is 36.7 Å². The minimum absolute atomic E-state index is 0.163. The predicted molar refractivity (Wildman–Crippen MR) is 92.5 cm³/mol. The van der Waals surface area contributed by atoms with Gasteiger partial charge < -0.3 is 25.2 Å². The maximum Gasteiger partial charge on any atom is 0.407 e. The number of hydrogen-bond donors (Lipinski definition) is 3. The molecule has 2 rings (SSSR count). The van der Waals surface area contributed by atoms with Crippen LogP contribution in [0.15, 0.2) is 30.1 Å². The zero-order valence-corrected chi connectivity index (χ0v) is 15.0. The molecule has 0 fully saturated rings. The summed E-state index contributed by atoms with van der Waals surface area (Å²) in [4.78, 5) is 23.3. The number of hydrogen-bond acceptors (Lipinski definition) is 5. The molecule has 0 saturated heterocycles. The highest BCUT2D eigenvalue weighted by Gasteiger charge is 2.20. The second-order valence-corrected chi connectivity index (χ2v) is 6.83. The zero-order chi connectivity index (χ0) is 19.3. The first-order valence-corrected chi connectivity index (χ1v) is 8.21. The fourth-order valence-electron chi connectivity index (χ4n) is 2.35. The number of rotatable bonds is 5. The molecule has 8 heteroatoms. The SMILES string of the molecule is CC(C)(C)OC(=O)NC/C(=C\F)C(O)Oc1ccc2c(c1)CCNC2=O. The molecule has 7 nitrogen and oxygen atoms in total. The minimum atomic E-state index is -1.59. The van der Waals surface area contributed by atoms with Crippen LogP contribution < -0.4 is 15.4 Å². The Morgan fingerprint density at radius 3 is 2.85 bits per heavy atom. The Morgan fingerprint density at radius 2 is 2.19 bits per heavy atom. The van der Waals surface area contributed by atoms with Crippen molar-refractivity contribution in [2.24, 2.45) is 0 Å². The highest BCUT2D eigenvalue weighted by atomic mass is 19.1. The van der Waals surface area contributed by atoms with Crippen molar-refractivity contribution in [3.8, 4) is 5.75 Å². The number of alkyl carbamates (subject to hydrolysis) is 1. The Bertz CT molecular complexity index is 712. The Hall–Kier alpha value is -2.61. The number of halogens is 1. The van der Waals surface area contributed by atoms with E-state index in [1.54, 1.807) is 32.9 Å². The summed E-state index contributed by atoms with van der Waals surface area (Å²) >= 11 is 0. The molecule has 26 heavy (non-hydrogen) atoms. The quantitative estimate of drug-likeness (QED) is 0.693. The van der Waals surface area contributed by atoms with E-state index >= 15 is 0 Å². The zero-order valence-electron chi connectivity index (χ0n) is 15.0. The molecule has 0 aliphatic carbocycles. The van der Waals surface area contributed by atoms with Gasteiger partial charge >= 0.3 is 6.09 Å². The van der Waals surface area contributed by atoms with Crippen molar-refractivity contribution < 1.29 is 28.6 Å². The maximum atomic E-state index is 13.1. The van der Waals surface area contributed by atoms with Gasteiger partial charge in [0.05, 0.1) is 12.9 Å². The van der Waals surface area contributed by atoms with Crippen LogP contribution in [0, 0.1) is 0 Å². The molecule has 0 spiro atoms. The number of fused-ring (bicyclic) bond motifs is 1. The first-order chi connectivity index (χ1) is 12.2. The summed E-state index contributed by atoms with van der Waals surface area (Å²) in [6, 6.07) is 4.74. The third-order valence-electron chi connectivity index (χ3n) is 3.54. The fourth-order valence-corrected chi connectivity index (χ4v) is 2.35. The van der Waals surface area contributed by atoms with Crippen molar-refractivity contribution in [3.63, 3.8) is 0 Å². The Balaban J connectivity index is 1.96. The second kappa shape index (κ2) is 8.18. The van der Waals surface area contributed by atoms with Gasteiger partial charge in [0.15, 0.2) is 0 Å². The normalized spacial score (nSPS) is 15.6. The van der Waals surface area contributed by atoms with Crippen LogP contribution in [0.4, 0.5) is 9.18 Å². The molecule has 1 aromatic carbocycles. The monoisotopic (exact) mass is 366 g/mol. The largest absolute Gasteiger partial charge is 0.461 e. The van der Waals surface area contributed by atoms with E-state index in [4.69, 9.17) is 9.47 Å². The van der Waals surface area contributed by atoms with Crippen molar-refractivity contribution in [2.45, 2.75) is 39.1 Å². The van der Waals surface area contributed by atoms with Crippen LogP contribution in [0.2, 0.25) is 0 Å². The van der Waals surface area contributed by atoms with Gasteiger partial charge in [-0.1, -0.05) is 0 Å². The number of benzene rings is 1. The molecular formula is C18H23FN2O5. The van der Waals surface area contributed by atoms with E-state index in [2.05, 4.69) is 10.6 Å². The lowest BCUT2D eigenvalue weighted by Crippen LogP contribution is -2.36. The van der Waals surface area contributed by atoms with Crippen LogP contribution in [-0.4, -0.2) is 42.1 Å². The van der Waals surface area contributed by atoms with Gasteiger partial charge in [0.25, 0.3) is 5.91 Å². The molecule has 2 amide bonds. The molecule has 1 atom stereocenters. The number of carbonyl (C=O) groups is 2. The smallest absolute Gasteiger partial charge is 0.407 e. The van der Waals surface area contributed by atoms with E-state index in [0.717, 1.165) is 5.56 Å². The van der Waals surface area contributed by atoms with Gasteiger partial charge in [-0.25, -0.2) is 9.18 Å². The van der Waals surface area contributed by atoms with E-state index in [9.17, 15) is 19.1 Å². The lowest BCUT2D eigenvalue weighted by Gasteiger charge is -2.21. The van der Waals surface area contributed by atoms with Crippen molar-refractivity contribution in [1.82, 2.24) is 10.6 Å². The number of nitrogens with one attached hydrogen (secondary N) is 2. The van der Waals surface area contributed by atoms with Gasteiger partial charge in [0, 0.05) is 17.7 Å². The number of aliphatic hydroxyl groups excluding tert-OH is 1. The summed E-state index contributed by atoms with van der Waals surface area (Å²) < 4.78 is 23.4. The third kappa shape index (κ3) is 5.45. The number of ether oxygens (including phenoxy) is 2. The fraction of sp³-hybridized carbons (Fsp3) is 0.444. The molecular weight excluding hydrogens is 343 g/mol. The highest BCUT2D eigenvalue weighted by Crippen LogP contribution is 2.22. The predicted octanol–water partition coefficient (Wildman–Crippen LogP) is 2.05. The van der Waals surface area contributed by atoms with Crippen molar-refractivity contribution in [2.75, 3.05) is 13.1 Å². The van der Waals surface area contributed by atoms with Crippen LogP contribution in [0.3, 0.4) is 0 Å². The lowest BCUT2D eigenvalue weighted by atomic mass is 10.0. The van der Waals surface area contributed by atoms with Crippen LogP contribution in [0.5, 0.6) is 5.75 Å². The minimum Gasteiger partial charge on any atom is -0.461 e. The summed E-state index contributed by atoms with van der Waals surface area (Å²) in [5.41, 5.74) is 0.474. The molecule has 0 bridgehead atoms. The van der Waals surface area contributed by atoms with Crippen LogP contribution in [0.25, 0.3) is 0 Å².